The standard InChI is InChI=1S/C23H20O9/c1-27-15-9-8-12(10-16(15)30-11-17(24)28-2)18-19-20(32-21(18)23(26)29-3)13-6-4-5-7-14(13)31-22(19)25/h4-10,18,21H,11H2,1-3H3. The molecule has 0 amide bonds. The molecule has 0 saturated carbocycles. The van der Waals surface area contributed by atoms with E-state index in [-0.39, 0.29) is 23.7 Å². The van der Waals surface area contributed by atoms with Crippen LogP contribution >= 0.6 is 0 Å². The van der Waals surface area contributed by atoms with E-state index in [1.807, 2.05) is 0 Å². The molecular weight excluding hydrogens is 420 g/mol. The van der Waals surface area contributed by atoms with Crippen molar-refractivity contribution in [2.45, 2.75) is 12.0 Å². The lowest BCUT2D eigenvalue weighted by molar-refractivity contribution is -0.148. The SMILES string of the molecule is COC(=O)COc1cc(C2c3c(c4ccccc4oc3=O)OC2C(=O)OC)ccc1OC. The molecule has 0 saturated heterocycles. The summed E-state index contributed by atoms with van der Waals surface area (Å²) in [4.78, 5) is 37.0. The summed E-state index contributed by atoms with van der Waals surface area (Å²) < 4.78 is 31.8. The summed E-state index contributed by atoms with van der Waals surface area (Å²) in [7, 11) is 3.94. The number of carbonyl (C=O) groups is 2. The lowest BCUT2D eigenvalue weighted by Crippen LogP contribution is -2.31. The van der Waals surface area contributed by atoms with Crippen LogP contribution in [0.1, 0.15) is 17.0 Å². The topological polar surface area (TPSA) is 111 Å². The molecule has 2 atom stereocenters. The van der Waals surface area contributed by atoms with Crippen molar-refractivity contribution >= 4 is 22.9 Å². The average molecular weight is 440 g/mol. The van der Waals surface area contributed by atoms with E-state index < -0.39 is 29.6 Å². The lowest BCUT2D eigenvalue weighted by Gasteiger charge is -2.18. The molecule has 166 valence electrons. The number of esters is 2. The Morgan fingerprint density at radius 1 is 1.00 bits per heavy atom. The molecule has 32 heavy (non-hydrogen) atoms. The number of fused-ring (bicyclic) bond motifs is 3. The first-order chi connectivity index (χ1) is 15.5. The second kappa shape index (κ2) is 8.62. The zero-order valence-corrected chi connectivity index (χ0v) is 17.6. The minimum atomic E-state index is -1.12. The molecule has 1 aliphatic rings. The Kier molecular flexibility index (Phi) is 5.72. The van der Waals surface area contributed by atoms with Crippen molar-refractivity contribution in [3.8, 4) is 17.2 Å². The van der Waals surface area contributed by atoms with E-state index in [0.29, 0.717) is 22.3 Å². The molecule has 1 aromatic heterocycles. The summed E-state index contributed by atoms with van der Waals surface area (Å²) in [6.45, 7) is -0.346. The number of benzene rings is 2. The molecule has 0 N–H and O–H groups in total. The Morgan fingerprint density at radius 3 is 2.50 bits per heavy atom. The maximum atomic E-state index is 12.9. The van der Waals surface area contributed by atoms with Crippen LogP contribution in [0.25, 0.3) is 11.0 Å². The van der Waals surface area contributed by atoms with Gasteiger partial charge in [0.15, 0.2) is 18.1 Å². The Hall–Kier alpha value is -4.01. The van der Waals surface area contributed by atoms with Crippen LogP contribution in [0.2, 0.25) is 0 Å². The van der Waals surface area contributed by atoms with Gasteiger partial charge in [-0.05, 0) is 29.8 Å². The predicted octanol–water partition coefficient (Wildman–Crippen LogP) is 2.42. The fraction of sp³-hybridized carbons (Fsp3) is 0.261. The van der Waals surface area contributed by atoms with Crippen LogP contribution in [-0.2, 0) is 19.1 Å². The first-order valence-corrected chi connectivity index (χ1v) is 9.66. The van der Waals surface area contributed by atoms with Crippen LogP contribution in [-0.4, -0.2) is 46.0 Å². The van der Waals surface area contributed by atoms with Crippen LogP contribution in [0.4, 0.5) is 0 Å². The highest BCUT2D eigenvalue weighted by molar-refractivity contribution is 5.88. The monoisotopic (exact) mass is 440 g/mol. The summed E-state index contributed by atoms with van der Waals surface area (Å²) in [5.74, 6) is -1.20. The van der Waals surface area contributed by atoms with Gasteiger partial charge in [0.1, 0.15) is 11.3 Å². The molecule has 9 nitrogen and oxygen atoms in total. The van der Waals surface area contributed by atoms with E-state index in [0.717, 1.165) is 0 Å². The maximum absolute atomic E-state index is 12.9. The minimum Gasteiger partial charge on any atom is -0.493 e. The molecule has 0 aliphatic carbocycles. The predicted molar refractivity (Wildman–Crippen MR) is 111 cm³/mol. The number of para-hydroxylation sites is 1. The van der Waals surface area contributed by atoms with E-state index >= 15 is 0 Å². The Balaban J connectivity index is 1.86. The molecule has 0 spiro atoms. The van der Waals surface area contributed by atoms with Gasteiger partial charge in [0.2, 0.25) is 6.10 Å². The third-order valence-corrected chi connectivity index (χ3v) is 5.21. The van der Waals surface area contributed by atoms with E-state index in [2.05, 4.69) is 4.74 Å². The number of ether oxygens (including phenoxy) is 5. The van der Waals surface area contributed by atoms with Crippen molar-refractivity contribution in [1.29, 1.82) is 0 Å². The third kappa shape index (κ3) is 3.62. The highest BCUT2D eigenvalue weighted by atomic mass is 16.6. The second-order valence-electron chi connectivity index (χ2n) is 6.94. The summed E-state index contributed by atoms with van der Waals surface area (Å²) in [5.41, 5.74) is 0.436. The molecule has 2 heterocycles. The Labute approximate surface area is 182 Å². The van der Waals surface area contributed by atoms with Gasteiger partial charge < -0.3 is 28.1 Å². The minimum absolute atomic E-state index is 0.197. The molecule has 0 fully saturated rings. The fourth-order valence-electron chi connectivity index (χ4n) is 3.71. The number of rotatable bonds is 6. The van der Waals surface area contributed by atoms with Crippen molar-refractivity contribution in [3.63, 3.8) is 0 Å². The van der Waals surface area contributed by atoms with Crippen LogP contribution in [0, 0.1) is 0 Å². The number of methoxy groups -OCH3 is 3. The van der Waals surface area contributed by atoms with Crippen molar-refractivity contribution in [2.24, 2.45) is 0 Å². The Bertz CT molecular complexity index is 1240. The molecule has 4 rings (SSSR count). The largest absolute Gasteiger partial charge is 0.493 e. The first kappa shape index (κ1) is 21.2. The smallest absolute Gasteiger partial charge is 0.348 e. The zero-order chi connectivity index (χ0) is 22.8. The number of hydrogen-bond acceptors (Lipinski definition) is 9. The van der Waals surface area contributed by atoms with Crippen molar-refractivity contribution in [2.75, 3.05) is 27.9 Å². The van der Waals surface area contributed by atoms with Crippen LogP contribution in [0.3, 0.4) is 0 Å². The third-order valence-electron chi connectivity index (χ3n) is 5.21. The van der Waals surface area contributed by atoms with Crippen LogP contribution in [0.5, 0.6) is 17.2 Å². The van der Waals surface area contributed by atoms with Gasteiger partial charge in [-0.3, -0.25) is 0 Å². The number of hydrogen-bond donors (Lipinski definition) is 0. The van der Waals surface area contributed by atoms with E-state index in [9.17, 15) is 14.4 Å². The summed E-state index contributed by atoms with van der Waals surface area (Å²) in [6.07, 6.45) is -1.12. The summed E-state index contributed by atoms with van der Waals surface area (Å²) in [6, 6.07) is 11.8. The number of carbonyl (C=O) groups excluding carboxylic acids is 2. The molecule has 1 aliphatic heterocycles. The van der Waals surface area contributed by atoms with Gasteiger partial charge in [-0.15, -0.1) is 0 Å². The molecule has 0 radical (unpaired) electrons. The Morgan fingerprint density at radius 2 is 1.78 bits per heavy atom. The molecule has 2 unspecified atom stereocenters. The quantitative estimate of drug-likeness (QED) is 0.421. The summed E-state index contributed by atoms with van der Waals surface area (Å²) >= 11 is 0. The van der Waals surface area contributed by atoms with Gasteiger partial charge in [0.25, 0.3) is 0 Å². The van der Waals surface area contributed by atoms with Crippen molar-refractivity contribution in [3.05, 3.63) is 64.0 Å². The van der Waals surface area contributed by atoms with Crippen LogP contribution in [0.15, 0.2) is 51.7 Å². The summed E-state index contributed by atoms with van der Waals surface area (Å²) in [5, 5.41) is 0.564. The van der Waals surface area contributed by atoms with E-state index in [1.165, 1.54) is 21.3 Å². The zero-order valence-electron chi connectivity index (χ0n) is 17.6. The molecular formula is C23H20O9. The van der Waals surface area contributed by atoms with Gasteiger partial charge in [0.05, 0.1) is 38.2 Å². The average Bonchev–Trinajstić information content (AvgIpc) is 3.23. The van der Waals surface area contributed by atoms with Crippen molar-refractivity contribution < 1.29 is 37.7 Å². The van der Waals surface area contributed by atoms with Gasteiger partial charge in [-0.25, -0.2) is 14.4 Å². The van der Waals surface area contributed by atoms with Gasteiger partial charge >= 0.3 is 17.6 Å². The highest BCUT2D eigenvalue weighted by Crippen LogP contribution is 2.46. The molecule has 0 bridgehead atoms. The fourth-order valence-corrected chi connectivity index (χ4v) is 3.71. The van der Waals surface area contributed by atoms with Gasteiger partial charge in [-0.1, -0.05) is 18.2 Å². The normalized spacial score (nSPS) is 16.7. The van der Waals surface area contributed by atoms with Crippen molar-refractivity contribution in [1.82, 2.24) is 0 Å². The molecule has 9 heteroatoms. The second-order valence-corrected chi connectivity index (χ2v) is 6.94. The molecule has 3 aromatic rings. The highest BCUT2D eigenvalue weighted by Gasteiger charge is 2.45. The van der Waals surface area contributed by atoms with Gasteiger partial charge in [-0.2, -0.15) is 0 Å². The van der Waals surface area contributed by atoms with E-state index in [4.69, 9.17) is 23.4 Å². The van der Waals surface area contributed by atoms with Crippen LogP contribution < -0.4 is 19.8 Å². The molecule has 2 aromatic carbocycles. The van der Waals surface area contributed by atoms with E-state index in [1.54, 1.807) is 42.5 Å². The maximum Gasteiger partial charge on any atom is 0.348 e. The van der Waals surface area contributed by atoms with Gasteiger partial charge in [0, 0.05) is 0 Å². The first-order valence-electron chi connectivity index (χ1n) is 9.66. The lowest BCUT2D eigenvalue weighted by atomic mass is 9.88.